The van der Waals surface area contributed by atoms with E-state index in [0.717, 1.165) is 5.56 Å². The van der Waals surface area contributed by atoms with Crippen LogP contribution in [-0.2, 0) is 11.3 Å². The molecule has 0 saturated heterocycles. The van der Waals surface area contributed by atoms with E-state index >= 15 is 0 Å². The minimum atomic E-state index is -0.810. The van der Waals surface area contributed by atoms with Gasteiger partial charge in [-0.15, -0.1) is 0 Å². The predicted octanol–water partition coefficient (Wildman–Crippen LogP) is 3.20. The van der Waals surface area contributed by atoms with E-state index < -0.39 is 17.4 Å². The van der Waals surface area contributed by atoms with Crippen molar-refractivity contribution in [3.8, 4) is 17.3 Å². The molecule has 1 aromatic heterocycles. The van der Waals surface area contributed by atoms with Gasteiger partial charge in [-0.3, -0.25) is 14.4 Å². The zero-order valence-electron chi connectivity index (χ0n) is 18.5. The largest absolute Gasteiger partial charge is 0.481 e. The first-order chi connectivity index (χ1) is 16.4. The number of carboxylic acids is 1. The van der Waals surface area contributed by atoms with E-state index in [2.05, 4.69) is 16.5 Å². The van der Waals surface area contributed by atoms with Gasteiger partial charge in [-0.2, -0.15) is 10.4 Å². The van der Waals surface area contributed by atoms with Crippen LogP contribution >= 0.6 is 0 Å². The number of aromatic nitrogens is 2. The highest BCUT2D eigenvalue weighted by atomic mass is 16.4. The summed E-state index contributed by atoms with van der Waals surface area (Å²) in [6, 6.07) is 19.5. The summed E-state index contributed by atoms with van der Waals surface area (Å²) >= 11 is 0. The van der Waals surface area contributed by atoms with E-state index in [4.69, 9.17) is 5.26 Å². The third-order valence-corrected chi connectivity index (χ3v) is 6.12. The van der Waals surface area contributed by atoms with Crippen molar-refractivity contribution < 1.29 is 14.7 Å². The summed E-state index contributed by atoms with van der Waals surface area (Å²) in [4.78, 5) is 37.5. The Morgan fingerprint density at radius 3 is 2.35 bits per heavy atom. The molecular weight excluding hydrogens is 432 g/mol. The van der Waals surface area contributed by atoms with E-state index in [9.17, 15) is 19.5 Å². The molecule has 0 spiro atoms. The molecule has 34 heavy (non-hydrogen) atoms. The predicted molar refractivity (Wildman–Crippen MR) is 125 cm³/mol. The molecule has 8 heteroatoms. The Morgan fingerprint density at radius 2 is 1.74 bits per heavy atom. The highest BCUT2D eigenvalue weighted by Gasteiger charge is 2.28. The lowest BCUT2D eigenvalue weighted by atomic mass is 9.86. The number of hydrogen-bond acceptors (Lipinski definition) is 5. The first kappa shape index (κ1) is 22.9. The van der Waals surface area contributed by atoms with Crippen molar-refractivity contribution >= 4 is 11.9 Å². The van der Waals surface area contributed by atoms with Gasteiger partial charge in [0, 0.05) is 11.6 Å². The highest BCUT2D eigenvalue weighted by Crippen LogP contribution is 2.25. The lowest BCUT2D eigenvalue weighted by molar-refractivity contribution is -0.142. The Kier molecular flexibility index (Phi) is 6.83. The second kappa shape index (κ2) is 10.1. The Bertz CT molecular complexity index is 1290. The van der Waals surface area contributed by atoms with Gasteiger partial charge in [0.1, 0.15) is 5.56 Å². The summed E-state index contributed by atoms with van der Waals surface area (Å²) in [5.74, 6) is -1.70. The summed E-state index contributed by atoms with van der Waals surface area (Å²) < 4.78 is 1.28. The van der Waals surface area contributed by atoms with Gasteiger partial charge in [-0.25, -0.2) is 4.68 Å². The second-order valence-electron chi connectivity index (χ2n) is 8.44. The fourth-order valence-corrected chi connectivity index (χ4v) is 4.17. The van der Waals surface area contributed by atoms with Crippen LogP contribution in [0.1, 0.15) is 47.2 Å². The number of carbonyl (C=O) groups is 2. The number of nitriles is 1. The number of rotatable bonds is 6. The molecule has 172 valence electrons. The highest BCUT2D eigenvalue weighted by molar-refractivity contribution is 5.95. The quantitative estimate of drug-likeness (QED) is 0.587. The van der Waals surface area contributed by atoms with Crippen LogP contribution < -0.4 is 10.9 Å². The molecule has 2 aromatic carbocycles. The molecule has 1 aliphatic carbocycles. The van der Waals surface area contributed by atoms with Crippen LogP contribution in [0.25, 0.3) is 11.3 Å². The zero-order valence-corrected chi connectivity index (χ0v) is 18.5. The fourth-order valence-electron chi connectivity index (χ4n) is 4.17. The fraction of sp³-hybridized carbons (Fsp3) is 0.269. The summed E-state index contributed by atoms with van der Waals surface area (Å²) in [6.07, 6.45) is 2.08. The van der Waals surface area contributed by atoms with Crippen molar-refractivity contribution in [1.29, 1.82) is 5.26 Å². The monoisotopic (exact) mass is 456 g/mol. The molecule has 0 atom stereocenters. The maximum atomic E-state index is 13.2. The van der Waals surface area contributed by atoms with Crippen molar-refractivity contribution in [2.75, 3.05) is 0 Å². The van der Waals surface area contributed by atoms with E-state index in [-0.39, 0.29) is 24.1 Å². The topological polar surface area (TPSA) is 125 Å². The van der Waals surface area contributed by atoms with Gasteiger partial charge in [0.25, 0.3) is 11.5 Å². The van der Waals surface area contributed by atoms with Gasteiger partial charge in [0.05, 0.1) is 29.8 Å². The number of benzene rings is 2. The van der Waals surface area contributed by atoms with Crippen LogP contribution in [0.4, 0.5) is 0 Å². The number of hydrogen-bond donors (Lipinski definition) is 2. The molecule has 0 radical (unpaired) electrons. The molecule has 0 unspecified atom stereocenters. The third-order valence-electron chi connectivity index (χ3n) is 6.12. The molecule has 0 bridgehead atoms. The number of nitrogens with one attached hydrogen (secondary N) is 1. The molecular formula is C26H24N4O4. The van der Waals surface area contributed by atoms with Crippen molar-refractivity contribution in [3.63, 3.8) is 0 Å². The first-order valence-electron chi connectivity index (χ1n) is 11.1. The summed E-state index contributed by atoms with van der Waals surface area (Å²) in [5.41, 5.74) is 1.96. The van der Waals surface area contributed by atoms with Crippen molar-refractivity contribution in [1.82, 2.24) is 15.1 Å². The Hall–Kier alpha value is -4.25. The molecule has 4 rings (SSSR count). The van der Waals surface area contributed by atoms with Gasteiger partial charge >= 0.3 is 5.97 Å². The summed E-state index contributed by atoms with van der Waals surface area (Å²) in [5, 5.41) is 25.7. The lowest BCUT2D eigenvalue weighted by Crippen LogP contribution is -2.42. The summed E-state index contributed by atoms with van der Waals surface area (Å²) in [6.45, 7) is 0.202. The minimum absolute atomic E-state index is 0.0225. The number of nitrogens with zero attached hydrogens (tertiary/aromatic N) is 3. The molecule has 0 aliphatic heterocycles. The maximum Gasteiger partial charge on any atom is 0.306 e. The second-order valence-corrected chi connectivity index (χ2v) is 8.44. The summed E-state index contributed by atoms with van der Waals surface area (Å²) in [7, 11) is 0. The van der Waals surface area contributed by atoms with Crippen LogP contribution in [0.2, 0.25) is 0 Å². The Morgan fingerprint density at radius 1 is 1.06 bits per heavy atom. The molecule has 1 fully saturated rings. The standard InChI is InChI=1S/C26H24N4O4/c27-15-17-6-8-19(9-7-17)23-14-22(24(31)28-21-12-10-20(11-13-21)26(33)34)25(32)30(29-23)16-18-4-2-1-3-5-18/h1-9,14,20-21H,10-13,16H2,(H,28,31)(H,33,34)/t20-,21-. The van der Waals surface area contributed by atoms with E-state index in [0.29, 0.717) is 42.5 Å². The zero-order chi connectivity index (χ0) is 24.1. The van der Waals surface area contributed by atoms with Crippen molar-refractivity contribution in [2.45, 2.75) is 38.3 Å². The Labute approximate surface area is 196 Å². The first-order valence-corrected chi connectivity index (χ1v) is 11.1. The molecule has 3 aromatic rings. The lowest BCUT2D eigenvalue weighted by Gasteiger charge is -2.26. The van der Waals surface area contributed by atoms with E-state index in [1.807, 2.05) is 30.3 Å². The molecule has 1 saturated carbocycles. The van der Waals surface area contributed by atoms with Crippen LogP contribution in [0.3, 0.4) is 0 Å². The van der Waals surface area contributed by atoms with Gasteiger partial charge in [-0.1, -0.05) is 42.5 Å². The van der Waals surface area contributed by atoms with Gasteiger partial charge < -0.3 is 10.4 Å². The average Bonchev–Trinajstić information content (AvgIpc) is 2.86. The third kappa shape index (κ3) is 5.21. The number of aliphatic carboxylic acids is 1. The normalized spacial score (nSPS) is 17.5. The SMILES string of the molecule is N#Cc1ccc(-c2cc(C(=O)N[C@H]3CC[C@H](C(=O)O)CC3)c(=O)n(Cc3ccccc3)n2)cc1. The molecule has 2 N–H and O–H groups in total. The number of carbonyl (C=O) groups excluding carboxylic acids is 1. The molecule has 1 aliphatic rings. The van der Waals surface area contributed by atoms with Crippen LogP contribution in [0.15, 0.2) is 65.5 Å². The van der Waals surface area contributed by atoms with Crippen LogP contribution in [0.5, 0.6) is 0 Å². The smallest absolute Gasteiger partial charge is 0.306 e. The van der Waals surface area contributed by atoms with E-state index in [1.54, 1.807) is 24.3 Å². The number of carboxylic acid groups (broad SMARTS) is 1. The molecule has 8 nitrogen and oxygen atoms in total. The van der Waals surface area contributed by atoms with E-state index in [1.165, 1.54) is 10.7 Å². The maximum absolute atomic E-state index is 13.2. The van der Waals surface area contributed by atoms with Crippen LogP contribution in [-0.4, -0.2) is 32.8 Å². The van der Waals surface area contributed by atoms with Crippen LogP contribution in [0, 0.1) is 17.2 Å². The van der Waals surface area contributed by atoms with Crippen molar-refractivity contribution in [3.05, 3.63) is 87.7 Å². The average molecular weight is 457 g/mol. The molecule has 1 heterocycles. The van der Waals surface area contributed by atoms with Crippen molar-refractivity contribution in [2.24, 2.45) is 5.92 Å². The number of amides is 1. The minimum Gasteiger partial charge on any atom is -0.481 e. The van der Waals surface area contributed by atoms with Gasteiger partial charge in [0.15, 0.2) is 0 Å². The van der Waals surface area contributed by atoms with Gasteiger partial charge in [-0.05, 0) is 49.4 Å². The molecule has 1 amide bonds. The Balaban J connectivity index is 1.65. The van der Waals surface area contributed by atoms with Gasteiger partial charge in [0.2, 0.25) is 0 Å².